The van der Waals surface area contributed by atoms with Crippen molar-refractivity contribution >= 4 is 17.7 Å². The lowest BCUT2D eigenvalue weighted by atomic mass is 10.2. The molecule has 1 unspecified atom stereocenters. The Kier molecular flexibility index (Phi) is 5.64. The summed E-state index contributed by atoms with van der Waals surface area (Å²) in [6.45, 7) is 3.51. The molecule has 5 nitrogen and oxygen atoms in total. The molecular formula is C18H23N3O2S. The van der Waals surface area contributed by atoms with E-state index in [1.54, 1.807) is 16.7 Å². The van der Waals surface area contributed by atoms with Gasteiger partial charge in [-0.05, 0) is 37.0 Å². The van der Waals surface area contributed by atoms with Crippen LogP contribution in [0.3, 0.4) is 0 Å². The predicted octanol–water partition coefficient (Wildman–Crippen LogP) is 2.69. The molecule has 1 N–H and O–H groups in total. The topological polar surface area (TPSA) is 65.4 Å². The summed E-state index contributed by atoms with van der Waals surface area (Å²) in [5, 5.41) is 12.7. The molecule has 3 atom stereocenters. The largest absolute Gasteiger partial charge is 0.494 e. The first-order valence-corrected chi connectivity index (χ1v) is 9.58. The van der Waals surface area contributed by atoms with Gasteiger partial charge in [-0.3, -0.25) is 10.1 Å². The van der Waals surface area contributed by atoms with Crippen molar-refractivity contribution in [3.8, 4) is 11.8 Å². The average molecular weight is 345 g/mol. The van der Waals surface area contributed by atoms with E-state index in [1.807, 2.05) is 12.1 Å². The minimum Gasteiger partial charge on any atom is -0.494 e. The molecule has 128 valence electrons. The van der Waals surface area contributed by atoms with Crippen molar-refractivity contribution in [2.75, 3.05) is 18.9 Å². The molecule has 0 radical (unpaired) electrons. The van der Waals surface area contributed by atoms with Crippen molar-refractivity contribution in [3.63, 3.8) is 0 Å². The van der Waals surface area contributed by atoms with Crippen LogP contribution in [0.4, 0.5) is 0 Å². The Morgan fingerprint density at radius 2 is 2.25 bits per heavy atom. The van der Waals surface area contributed by atoms with Crippen molar-refractivity contribution in [2.24, 2.45) is 0 Å². The van der Waals surface area contributed by atoms with Gasteiger partial charge in [0.1, 0.15) is 11.8 Å². The van der Waals surface area contributed by atoms with Crippen molar-refractivity contribution in [2.45, 2.75) is 43.6 Å². The van der Waals surface area contributed by atoms with E-state index in [-0.39, 0.29) is 23.4 Å². The number of carbonyl (C=O) groups excluding carboxylic acids is 1. The number of nitriles is 1. The molecule has 0 saturated carbocycles. The maximum absolute atomic E-state index is 12.6. The molecule has 0 aromatic heterocycles. The van der Waals surface area contributed by atoms with Gasteiger partial charge in [0.15, 0.2) is 0 Å². The molecule has 2 aliphatic rings. The highest BCUT2D eigenvalue weighted by Gasteiger charge is 2.37. The number of nitrogens with zero attached hydrogens (tertiary/aromatic N) is 2. The number of carbonyl (C=O) groups is 1. The van der Waals surface area contributed by atoms with Gasteiger partial charge in [0, 0.05) is 12.3 Å². The number of rotatable bonds is 5. The number of ether oxygens (including phenoxy) is 1. The fourth-order valence-electron chi connectivity index (χ4n) is 3.13. The van der Waals surface area contributed by atoms with Gasteiger partial charge >= 0.3 is 0 Å². The van der Waals surface area contributed by atoms with Gasteiger partial charge in [-0.2, -0.15) is 5.26 Å². The third kappa shape index (κ3) is 3.68. The summed E-state index contributed by atoms with van der Waals surface area (Å²) in [6, 6.07) is 9.85. The van der Waals surface area contributed by atoms with Crippen LogP contribution in [0.1, 0.15) is 37.1 Å². The molecule has 2 saturated heterocycles. The molecule has 1 aromatic rings. The maximum Gasteiger partial charge on any atom is 0.241 e. The van der Waals surface area contributed by atoms with Gasteiger partial charge in [-0.15, -0.1) is 11.8 Å². The smallest absolute Gasteiger partial charge is 0.241 e. The second-order valence-electron chi connectivity index (χ2n) is 6.17. The zero-order chi connectivity index (χ0) is 16.9. The number of hydrogen-bond donors (Lipinski definition) is 1. The summed E-state index contributed by atoms with van der Waals surface area (Å²) in [4.78, 5) is 14.4. The van der Waals surface area contributed by atoms with Crippen molar-refractivity contribution in [1.29, 1.82) is 5.26 Å². The van der Waals surface area contributed by atoms with Crippen molar-refractivity contribution in [1.82, 2.24) is 10.2 Å². The lowest BCUT2D eigenvalue weighted by Crippen LogP contribution is -2.46. The third-order valence-corrected chi connectivity index (χ3v) is 5.69. The summed E-state index contributed by atoms with van der Waals surface area (Å²) < 4.78 is 5.61. The van der Waals surface area contributed by atoms with Gasteiger partial charge in [-0.25, -0.2) is 0 Å². The van der Waals surface area contributed by atoms with E-state index in [2.05, 4.69) is 30.4 Å². The molecule has 1 amide bonds. The Labute approximate surface area is 147 Å². The molecule has 0 spiro atoms. The number of thioether (sulfide) groups is 1. The van der Waals surface area contributed by atoms with Crippen LogP contribution in [0, 0.1) is 11.3 Å². The van der Waals surface area contributed by atoms with Crippen LogP contribution in [-0.2, 0) is 4.79 Å². The van der Waals surface area contributed by atoms with E-state index >= 15 is 0 Å². The van der Waals surface area contributed by atoms with E-state index in [4.69, 9.17) is 10.00 Å². The maximum atomic E-state index is 12.6. The van der Waals surface area contributed by atoms with Gasteiger partial charge in [-0.1, -0.05) is 19.1 Å². The fourth-order valence-corrected chi connectivity index (χ4v) is 4.36. The van der Waals surface area contributed by atoms with Crippen LogP contribution in [-0.4, -0.2) is 41.8 Å². The van der Waals surface area contributed by atoms with Crippen LogP contribution in [0.5, 0.6) is 5.75 Å². The van der Waals surface area contributed by atoms with Crippen molar-refractivity contribution < 1.29 is 9.53 Å². The van der Waals surface area contributed by atoms with Crippen LogP contribution in [0.15, 0.2) is 24.3 Å². The van der Waals surface area contributed by atoms with Crippen LogP contribution in [0.25, 0.3) is 0 Å². The minimum atomic E-state index is -0.252. The number of benzene rings is 1. The Morgan fingerprint density at radius 1 is 1.46 bits per heavy atom. The summed E-state index contributed by atoms with van der Waals surface area (Å²) >= 11 is 1.74. The van der Waals surface area contributed by atoms with Crippen LogP contribution in [0.2, 0.25) is 0 Å². The van der Waals surface area contributed by atoms with Gasteiger partial charge in [0.05, 0.1) is 24.1 Å². The summed E-state index contributed by atoms with van der Waals surface area (Å²) in [5.41, 5.74) is 1.15. The molecule has 2 fully saturated rings. The van der Waals surface area contributed by atoms with E-state index in [0.717, 1.165) is 42.9 Å². The highest BCUT2D eigenvalue weighted by Crippen LogP contribution is 2.34. The Morgan fingerprint density at radius 3 is 2.96 bits per heavy atom. The van der Waals surface area contributed by atoms with Crippen molar-refractivity contribution in [3.05, 3.63) is 29.8 Å². The summed E-state index contributed by atoms with van der Waals surface area (Å²) in [7, 11) is 0. The Bertz CT molecular complexity index is 614. The fraction of sp³-hybridized carbons (Fsp3) is 0.556. The zero-order valence-electron chi connectivity index (χ0n) is 13.9. The second kappa shape index (κ2) is 7.91. The van der Waals surface area contributed by atoms with E-state index in [9.17, 15) is 4.79 Å². The first-order valence-electron chi connectivity index (χ1n) is 8.53. The molecular weight excluding hydrogens is 322 g/mol. The Balaban J connectivity index is 1.59. The van der Waals surface area contributed by atoms with E-state index < -0.39 is 0 Å². The van der Waals surface area contributed by atoms with E-state index in [0.29, 0.717) is 6.54 Å². The molecule has 1 aromatic carbocycles. The molecule has 0 bridgehead atoms. The number of likely N-dealkylation sites (tertiary alicyclic amines) is 1. The Hall–Kier alpha value is -1.71. The summed E-state index contributed by atoms with van der Waals surface area (Å²) in [5.74, 6) is 1.69. The molecule has 0 aliphatic carbocycles. The van der Waals surface area contributed by atoms with Crippen LogP contribution < -0.4 is 10.1 Å². The quantitative estimate of drug-likeness (QED) is 0.889. The predicted molar refractivity (Wildman–Crippen MR) is 94.7 cm³/mol. The molecule has 2 aliphatic heterocycles. The molecule has 2 heterocycles. The molecule has 24 heavy (non-hydrogen) atoms. The SMILES string of the molecule is CCCOc1ccc(C2N[C@H](C(=O)N3CCC[C@H]3C#N)CS2)cc1. The van der Waals surface area contributed by atoms with Gasteiger partial charge in [0.25, 0.3) is 0 Å². The first kappa shape index (κ1) is 17.1. The zero-order valence-corrected chi connectivity index (χ0v) is 14.7. The lowest BCUT2D eigenvalue weighted by molar-refractivity contribution is -0.132. The molecule has 6 heteroatoms. The number of amides is 1. The van der Waals surface area contributed by atoms with E-state index in [1.165, 1.54) is 0 Å². The van der Waals surface area contributed by atoms with Gasteiger partial charge < -0.3 is 9.64 Å². The highest BCUT2D eigenvalue weighted by atomic mass is 32.2. The first-order chi connectivity index (χ1) is 11.7. The average Bonchev–Trinajstić information content (AvgIpc) is 3.29. The highest BCUT2D eigenvalue weighted by molar-refractivity contribution is 7.99. The monoisotopic (exact) mass is 345 g/mol. The normalized spacial score (nSPS) is 26.3. The summed E-state index contributed by atoms with van der Waals surface area (Å²) in [6.07, 6.45) is 2.71. The minimum absolute atomic E-state index is 0.0666. The van der Waals surface area contributed by atoms with Crippen LogP contribution >= 0.6 is 11.8 Å². The number of nitrogens with one attached hydrogen (secondary N) is 1. The number of hydrogen-bond acceptors (Lipinski definition) is 5. The second-order valence-corrected chi connectivity index (χ2v) is 7.31. The molecule has 3 rings (SSSR count). The van der Waals surface area contributed by atoms with Gasteiger partial charge in [0.2, 0.25) is 5.91 Å². The lowest BCUT2D eigenvalue weighted by Gasteiger charge is -2.23. The third-order valence-electron chi connectivity index (χ3n) is 4.42. The standard InChI is InChI=1S/C18H23N3O2S/c1-2-10-23-15-7-5-13(6-8-15)17-20-16(12-24-17)18(22)21-9-3-4-14(21)11-19/h5-8,14,16-17,20H,2-4,9-10,12H2,1H3/t14-,16-,17?/m0/s1.